The molecule has 3 atom stereocenters. The fraction of sp³-hybridized carbons (Fsp3) is 0.565. The number of likely N-dealkylation sites (tertiary alicyclic amines) is 1. The molecule has 3 nitrogen and oxygen atoms in total. The molecule has 1 fully saturated rings. The Hall–Kier alpha value is -1.36. The first-order valence-corrected chi connectivity index (χ1v) is 12.8. The monoisotopic (exact) mass is 387 g/mol. The molecule has 1 aliphatic heterocycles. The summed E-state index contributed by atoms with van der Waals surface area (Å²) in [6.07, 6.45) is 8.92. The van der Waals surface area contributed by atoms with Crippen molar-refractivity contribution in [2.75, 3.05) is 14.2 Å². The van der Waals surface area contributed by atoms with Crippen molar-refractivity contribution >= 4 is 14.4 Å². The van der Waals surface area contributed by atoms with Crippen LogP contribution in [0.2, 0.25) is 18.1 Å². The first-order chi connectivity index (χ1) is 12.6. The van der Waals surface area contributed by atoms with Crippen LogP contribution < -0.4 is 4.74 Å². The minimum atomic E-state index is -1.77. The summed E-state index contributed by atoms with van der Waals surface area (Å²) in [6, 6.07) is 8.87. The highest BCUT2D eigenvalue weighted by Gasteiger charge is 2.41. The molecule has 0 saturated carbocycles. The fourth-order valence-electron chi connectivity index (χ4n) is 3.32. The van der Waals surface area contributed by atoms with Gasteiger partial charge in [-0.15, -0.1) is 6.58 Å². The van der Waals surface area contributed by atoms with E-state index in [0.29, 0.717) is 12.1 Å². The Morgan fingerprint density at radius 2 is 1.70 bits per heavy atom. The number of methoxy groups -OCH3 is 1. The number of piperidine rings is 1. The van der Waals surface area contributed by atoms with E-state index in [1.165, 1.54) is 5.56 Å². The summed E-state index contributed by atoms with van der Waals surface area (Å²) in [5, 5.41) is 0.231. The minimum absolute atomic E-state index is 0.231. The van der Waals surface area contributed by atoms with Gasteiger partial charge < -0.3 is 9.16 Å². The van der Waals surface area contributed by atoms with E-state index >= 15 is 0 Å². The number of hydrogen-bond donors (Lipinski definition) is 0. The van der Waals surface area contributed by atoms with Gasteiger partial charge in [0.15, 0.2) is 8.32 Å². The van der Waals surface area contributed by atoms with Crippen LogP contribution in [0.15, 0.2) is 43.0 Å². The highest BCUT2D eigenvalue weighted by Crippen LogP contribution is 2.39. The molecule has 1 heterocycles. The molecule has 27 heavy (non-hydrogen) atoms. The van der Waals surface area contributed by atoms with E-state index in [2.05, 4.69) is 82.8 Å². The van der Waals surface area contributed by atoms with Crippen LogP contribution in [0.1, 0.15) is 39.2 Å². The van der Waals surface area contributed by atoms with Crippen LogP contribution in [0.5, 0.6) is 5.75 Å². The van der Waals surface area contributed by atoms with E-state index in [0.717, 1.165) is 18.6 Å². The van der Waals surface area contributed by atoms with E-state index < -0.39 is 8.32 Å². The van der Waals surface area contributed by atoms with Gasteiger partial charge in [-0.25, -0.2) is 0 Å². The van der Waals surface area contributed by atoms with Crippen molar-refractivity contribution in [2.45, 2.75) is 69.9 Å². The molecule has 150 valence electrons. The average molecular weight is 388 g/mol. The molecule has 0 bridgehead atoms. The van der Waals surface area contributed by atoms with Gasteiger partial charge in [-0.2, -0.15) is 0 Å². The van der Waals surface area contributed by atoms with Crippen LogP contribution in [0.4, 0.5) is 0 Å². The highest BCUT2D eigenvalue weighted by molar-refractivity contribution is 6.74. The third-order valence-electron chi connectivity index (χ3n) is 6.22. The molecule has 1 aromatic rings. The molecule has 1 saturated heterocycles. The molecule has 2 rings (SSSR count). The summed E-state index contributed by atoms with van der Waals surface area (Å²) in [4.78, 5) is 2.42. The van der Waals surface area contributed by atoms with Crippen LogP contribution in [0, 0.1) is 0 Å². The molecule has 4 heteroatoms. The van der Waals surface area contributed by atoms with Crippen molar-refractivity contribution in [3.05, 3.63) is 48.6 Å². The maximum absolute atomic E-state index is 6.75. The molecular weight excluding hydrogens is 350 g/mol. The molecule has 0 radical (unpaired) electrons. The van der Waals surface area contributed by atoms with Gasteiger partial charge in [0.1, 0.15) is 5.75 Å². The summed E-state index contributed by atoms with van der Waals surface area (Å²) < 4.78 is 12.0. The second kappa shape index (κ2) is 8.76. The highest BCUT2D eigenvalue weighted by atomic mass is 28.4. The molecule has 0 N–H and O–H groups in total. The van der Waals surface area contributed by atoms with E-state index in [1.807, 2.05) is 12.1 Å². The zero-order chi connectivity index (χ0) is 20.2. The van der Waals surface area contributed by atoms with E-state index in [9.17, 15) is 0 Å². The Balaban J connectivity index is 2.13. The number of benzene rings is 1. The third kappa shape index (κ3) is 5.56. The van der Waals surface area contributed by atoms with Crippen molar-refractivity contribution in [2.24, 2.45) is 0 Å². The normalized spacial score (nSPS) is 24.9. The molecule has 1 aliphatic rings. The maximum Gasteiger partial charge on any atom is 0.192 e. The Morgan fingerprint density at radius 3 is 2.22 bits per heavy atom. The van der Waals surface area contributed by atoms with Gasteiger partial charge in [0.2, 0.25) is 0 Å². The van der Waals surface area contributed by atoms with Crippen LogP contribution in [-0.4, -0.2) is 45.6 Å². The Kier molecular flexibility index (Phi) is 7.12. The number of hydrogen-bond acceptors (Lipinski definition) is 3. The second-order valence-electron chi connectivity index (χ2n) is 9.14. The lowest BCUT2D eigenvalue weighted by Crippen LogP contribution is -2.52. The number of rotatable bonds is 6. The van der Waals surface area contributed by atoms with Crippen LogP contribution in [0.25, 0.3) is 6.08 Å². The molecule has 0 aromatic heterocycles. The zero-order valence-electron chi connectivity index (χ0n) is 18.2. The van der Waals surface area contributed by atoms with Crippen molar-refractivity contribution in [1.29, 1.82) is 0 Å². The van der Waals surface area contributed by atoms with Crippen LogP contribution >= 0.6 is 0 Å². The number of likely N-dealkylation sites (N-methyl/N-ethyl adjacent to an activating group) is 1. The predicted molar refractivity (Wildman–Crippen MR) is 119 cm³/mol. The maximum atomic E-state index is 6.75. The summed E-state index contributed by atoms with van der Waals surface area (Å²) in [7, 11) is 2.11. The molecule has 0 aliphatic carbocycles. The van der Waals surface area contributed by atoms with E-state index in [-0.39, 0.29) is 11.1 Å². The van der Waals surface area contributed by atoms with Crippen LogP contribution in [0.3, 0.4) is 0 Å². The van der Waals surface area contributed by atoms with E-state index in [1.54, 1.807) is 7.11 Å². The lowest BCUT2D eigenvalue weighted by molar-refractivity contribution is 0.0553. The molecular formula is C23H37NO2Si. The fourth-order valence-corrected chi connectivity index (χ4v) is 4.70. The number of nitrogens with zero attached hydrogens (tertiary/aromatic N) is 1. The Bertz CT molecular complexity index is 645. The zero-order valence-corrected chi connectivity index (χ0v) is 19.2. The standard InChI is InChI=1S/C23H37NO2Si/c1-9-19-16-22(26-27(7,8)23(2,3)4)17-20(24(19)5)13-10-18-11-14-21(25-6)15-12-18/h9-15,19-20,22H,1,16-17H2,2-8H3/b13-10+/t19-,20+,22+/m0/s1. The van der Waals surface area contributed by atoms with Gasteiger partial charge in [-0.1, -0.05) is 51.1 Å². The Morgan fingerprint density at radius 1 is 1.11 bits per heavy atom. The molecule has 1 aromatic carbocycles. The summed E-state index contributed by atoms with van der Waals surface area (Å²) in [6.45, 7) is 15.7. The number of ether oxygens (including phenoxy) is 1. The van der Waals surface area contributed by atoms with Crippen molar-refractivity contribution < 1.29 is 9.16 Å². The summed E-state index contributed by atoms with van der Waals surface area (Å²) in [5.41, 5.74) is 1.19. The smallest absolute Gasteiger partial charge is 0.192 e. The predicted octanol–water partition coefficient (Wildman–Crippen LogP) is 5.75. The van der Waals surface area contributed by atoms with Crippen molar-refractivity contribution in [3.63, 3.8) is 0 Å². The van der Waals surface area contributed by atoms with Gasteiger partial charge in [0.25, 0.3) is 0 Å². The SMILES string of the molecule is C=C[C@H]1C[C@@H](O[Si](C)(C)C(C)(C)C)C[C@@H](/C=C/c2ccc(OC)cc2)N1C. The first-order valence-electron chi connectivity index (χ1n) is 9.92. The van der Waals surface area contributed by atoms with Crippen molar-refractivity contribution in [1.82, 2.24) is 4.90 Å². The Labute approximate surface area is 167 Å². The summed E-state index contributed by atoms with van der Waals surface area (Å²) in [5.74, 6) is 0.886. The molecule has 0 unspecified atom stereocenters. The topological polar surface area (TPSA) is 21.7 Å². The van der Waals surface area contributed by atoms with Gasteiger partial charge in [0.05, 0.1) is 7.11 Å². The quantitative estimate of drug-likeness (QED) is 0.458. The lowest BCUT2D eigenvalue weighted by atomic mass is 9.93. The summed E-state index contributed by atoms with van der Waals surface area (Å²) >= 11 is 0. The van der Waals surface area contributed by atoms with Crippen LogP contribution in [-0.2, 0) is 4.43 Å². The van der Waals surface area contributed by atoms with Gasteiger partial charge in [0, 0.05) is 18.2 Å². The third-order valence-corrected chi connectivity index (χ3v) is 10.8. The van der Waals surface area contributed by atoms with Crippen molar-refractivity contribution in [3.8, 4) is 5.75 Å². The minimum Gasteiger partial charge on any atom is -0.497 e. The molecule has 0 spiro atoms. The second-order valence-corrected chi connectivity index (χ2v) is 13.9. The largest absolute Gasteiger partial charge is 0.497 e. The van der Waals surface area contributed by atoms with Gasteiger partial charge in [-0.3, -0.25) is 4.90 Å². The average Bonchev–Trinajstić information content (AvgIpc) is 2.61. The first kappa shape index (κ1) is 21.9. The lowest BCUT2D eigenvalue weighted by Gasteiger charge is -2.46. The van der Waals surface area contributed by atoms with E-state index in [4.69, 9.17) is 9.16 Å². The van der Waals surface area contributed by atoms with Gasteiger partial charge >= 0.3 is 0 Å². The van der Waals surface area contributed by atoms with Gasteiger partial charge in [-0.05, 0) is 55.7 Å². The molecule has 0 amide bonds.